The van der Waals surface area contributed by atoms with Gasteiger partial charge in [-0.15, -0.1) is 0 Å². The molecule has 4 nitrogen and oxygen atoms in total. The van der Waals surface area contributed by atoms with Crippen molar-refractivity contribution in [1.29, 1.82) is 0 Å². The van der Waals surface area contributed by atoms with Crippen molar-refractivity contribution in [3.63, 3.8) is 0 Å². The summed E-state index contributed by atoms with van der Waals surface area (Å²) in [5, 5.41) is 4.15. The minimum atomic E-state index is 0.375. The summed E-state index contributed by atoms with van der Waals surface area (Å²) in [6.45, 7) is 5.32. The maximum Gasteiger partial charge on any atom is 0.157 e. The van der Waals surface area contributed by atoms with E-state index in [1.165, 1.54) is 0 Å². The van der Waals surface area contributed by atoms with Crippen LogP contribution in [-0.2, 0) is 4.74 Å². The van der Waals surface area contributed by atoms with Crippen LogP contribution in [0.25, 0.3) is 0 Å². The zero-order valence-electron chi connectivity index (χ0n) is 8.36. The van der Waals surface area contributed by atoms with Gasteiger partial charge in [-0.1, -0.05) is 0 Å². The van der Waals surface area contributed by atoms with Crippen molar-refractivity contribution in [3.8, 4) is 5.75 Å². The van der Waals surface area contributed by atoms with Gasteiger partial charge in [0.1, 0.15) is 6.61 Å². The van der Waals surface area contributed by atoms with Gasteiger partial charge >= 0.3 is 0 Å². The molecule has 0 aliphatic rings. The third-order valence-corrected chi connectivity index (χ3v) is 1.66. The summed E-state index contributed by atoms with van der Waals surface area (Å²) < 4.78 is 12.1. The van der Waals surface area contributed by atoms with E-state index in [1.54, 1.807) is 13.3 Å². The summed E-state index contributed by atoms with van der Waals surface area (Å²) in [6.07, 6.45) is 3.61. The first-order chi connectivity index (χ1) is 6.24. The molecule has 0 bridgehead atoms. The van der Waals surface area contributed by atoms with E-state index in [4.69, 9.17) is 9.47 Å². The van der Waals surface area contributed by atoms with Gasteiger partial charge in [0, 0.05) is 13.2 Å². The molecule has 0 fully saturated rings. The zero-order chi connectivity index (χ0) is 9.68. The first-order valence-corrected chi connectivity index (χ1v) is 4.40. The van der Waals surface area contributed by atoms with Gasteiger partial charge in [0.05, 0.1) is 19.0 Å². The summed E-state index contributed by atoms with van der Waals surface area (Å²) in [5.41, 5.74) is 0. The predicted molar refractivity (Wildman–Crippen MR) is 50.0 cm³/mol. The molecule has 74 valence electrons. The van der Waals surface area contributed by atoms with Crippen LogP contribution in [0.1, 0.15) is 19.9 Å². The number of ether oxygens (including phenoxy) is 2. The standard InChI is InChI=1S/C9H16N2O2/c1-8(2)11-7-9(6-10-11)13-5-4-12-3/h6-8H,4-5H2,1-3H3. The van der Waals surface area contributed by atoms with Gasteiger partial charge in [-0.25, -0.2) is 0 Å². The topological polar surface area (TPSA) is 36.3 Å². The van der Waals surface area contributed by atoms with Crippen molar-refractivity contribution in [2.75, 3.05) is 20.3 Å². The van der Waals surface area contributed by atoms with Crippen LogP contribution >= 0.6 is 0 Å². The van der Waals surface area contributed by atoms with Gasteiger partial charge in [-0.3, -0.25) is 4.68 Å². The van der Waals surface area contributed by atoms with Gasteiger partial charge in [0.15, 0.2) is 5.75 Å². The lowest BCUT2D eigenvalue weighted by Crippen LogP contribution is -2.04. The van der Waals surface area contributed by atoms with Crippen molar-refractivity contribution in [2.45, 2.75) is 19.9 Å². The fourth-order valence-corrected chi connectivity index (χ4v) is 0.920. The number of nitrogens with zero attached hydrogens (tertiary/aromatic N) is 2. The quantitative estimate of drug-likeness (QED) is 0.650. The fourth-order valence-electron chi connectivity index (χ4n) is 0.920. The lowest BCUT2D eigenvalue weighted by Gasteiger charge is -2.03. The molecule has 0 saturated heterocycles. The predicted octanol–water partition coefficient (Wildman–Crippen LogP) is 1.49. The second kappa shape index (κ2) is 4.87. The van der Waals surface area contributed by atoms with E-state index in [1.807, 2.05) is 10.9 Å². The highest BCUT2D eigenvalue weighted by molar-refractivity contribution is 5.11. The summed E-state index contributed by atoms with van der Waals surface area (Å²) in [5.74, 6) is 0.797. The molecule has 0 aliphatic carbocycles. The van der Waals surface area contributed by atoms with Crippen LogP contribution in [0.15, 0.2) is 12.4 Å². The van der Waals surface area contributed by atoms with Crippen molar-refractivity contribution >= 4 is 0 Å². The maximum atomic E-state index is 5.37. The summed E-state index contributed by atoms with van der Waals surface area (Å²) in [6, 6.07) is 0.375. The molecule has 1 aromatic heterocycles. The van der Waals surface area contributed by atoms with Crippen molar-refractivity contribution < 1.29 is 9.47 Å². The minimum absolute atomic E-state index is 0.375. The van der Waals surface area contributed by atoms with Crippen LogP contribution in [0.5, 0.6) is 5.75 Å². The van der Waals surface area contributed by atoms with E-state index in [2.05, 4.69) is 18.9 Å². The summed E-state index contributed by atoms with van der Waals surface area (Å²) in [7, 11) is 1.65. The van der Waals surface area contributed by atoms with E-state index < -0.39 is 0 Å². The van der Waals surface area contributed by atoms with Crippen molar-refractivity contribution in [2.24, 2.45) is 0 Å². The monoisotopic (exact) mass is 184 g/mol. The van der Waals surface area contributed by atoms with Crippen LogP contribution in [-0.4, -0.2) is 30.1 Å². The molecule has 4 heteroatoms. The third-order valence-electron chi connectivity index (χ3n) is 1.66. The molecule has 0 aromatic carbocycles. The molecule has 0 spiro atoms. The van der Waals surface area contributed by atoms with E-state index in [0.29, 0.717) is 19.3 Å². The Bertz CT molecular complexity index is 246. The van der Waals surface area contributed by atoms with Crippen LogP contribution in [0.2, 0.25) is 0 Å². The molecule has 0 aliphatic heterocycles. The molecule has 0 unspecified atom stereocenters. The smallest absolute Gasteiger partial charge is 0.157 e. The Labute approximate surface area is 78.5 Å². The molecule has 0 atom stereocenters. The average Bonchev–Trinajstić information content (AvgIpc) is 2.53. The molecule has 13 heavy (non-hydrogen) atoms. The second-order valence-electron chi connectivity index (χ2n) is 3.09. The molecule has 1 rings (SSSR count). The molecule has 1 aromatic rings. The van der Waals surface area contributed by atoms with E-state index >= 15 is 0 Å². The lowest BCUT2D eigenvalue weighted by molar-refractivity contribution is 0.146. The van der Waals surface area contributed by atoms with Gasteiger partial charge in [-0.2, -0.15) is 5.10 Å². The molecular formula is C9H16N2O2. The van der Waals surface area contributed by atoms with E-state index in [-0.39, 0.29) is 0 Å². The first-order valence-electron chi connectivity index (χ1n) is 4.40. The summed E-state index contributed by atoms with van der Waals surface area (Å²) in [4.78, 5) is 0. The van der Waals surface area contributed by atoms with Gasteiger partial charge < -0.3 is 9.47 Å². The van der Waals surface area contributed by atoms with Crippen LogP contribution in [0.4, 0.5) is 0 Å². The number of rotatable bonds is 5. The van der Waals surface area contributed by atoms with Crippen LogP contribution < -0.4 is 4.74 Å². The lowest BCUT2D eigenvalue weighted by atomic mass is 10.4. The van der Waals surface area contributed by atoms with Crippen molar-refractivity contribution in [3.05, 3.63) is 12.4 Å². The van der Waals surface area contributed by atoms with Gasteiger partial charge in [-0.05, 0) is 13.8 Å². The Morgan fingerprint density at radius 1 is 1.46 bits per heavy atom. The van der Waals surface area contributed by atoms with E-state index in [0.717, 1.165) is 5.75 Å². The fraction of sp³-hybridized carbons (Fsp3) is 0.667. The number of methoxy groups -OCH3 is 1. The Morgan fingerprint density at radius 3 is 2.77 bits per heavy atom. The average molecular weight is 184 g/mol. The van der Waals surface area contributed by atoms with Crippen molar-refractivity contribution in [1.82, 2.24) is 9.78 Å². The SMILES string of the molecule is COCCOc1cnn(C(C)C)c1. The van der Waals surface area contributed by atoms with Gasteiger partial charge in [0.25, 0.3) is 0 Å². The molecule has 0 radical (unpaired) electrons. The Balaban J connectivity index is 2.40. The zero-order valence-corrected chi connectivity index (χ0v) is 8.36. The van der Waals surface area contributed by atoms with Crippen LogP contribution in [0, 0.1) is 0 Å². The summed E-state index contributed by atoms with van der Waals surface area (Å²) >= 11 is 0. The van der Waals surface area contributed by atoms with E-state index in [9.17, 15) is 0 Å². The normalized spacial score (nSPS) is 10.8. The Hall–Kier alpha value is -1.03. The second-order valence-corrected chi connectivity index (χ2v) is 3.09. The highest BCUT2D eigenvalue weighted by Crippen LogP contribution is 2.11. The number of hydrogen-bond donors (Lipinski definition) is 0. The third kappa shape index (κ3) is 3.06. The molecular weight excluding hydrogens is 168 g/mol. The molecule has 0 amide bonds. The molecule has 0 saturated carbocycles. The van der Waals surface area contributed by atoms with Crippen LogP contribution in [0.3, 0.4) is 0 Å². The minimum Gasteiger partial charge on any atom is -0.488 e. The largest absolute Gasteiger partial charge is 0.488 e. The Kier molecular flexibility index (Phi) is 3.76. The highest BCUT2D eigenvalue weighted by Gasteiger charge is 2.01. The number of aromatic nitrogens is 2. The van der Waals surface area contributed by atoms with Gasteiger partial charge in [0.2, 0.25) is 0 Å². The number of hydrogen-bond acceptors (Lipinski definition) is 3. The Morgan fingerprint density at radius 2 is 2.23 bits per heavy atom. The highest BCUT2D eigenvalue weighted by atomic mass is 16.5. The maximum absolute atomic E-state index is 5.37. The first kappa shape index (κ1) is 10.1. The molecule has 0 N–H and O–H groups in total. The molecule has 1 heterocycles.